The summed E-state index contributed by atoms with van der Waals surface area (Å²) in [6.07, 6.45) is 2.62. The Morgan fingerprint density at radius 2 is 1.95 bits per heavy atom. The van der Waals surface area contributed by atoms with Gasteiger partial charge in [0.2, 0.25) is 5.88 Å². The predicted octanol–water partition coefficient (Wildman–Crippen LogP) is 4.12. The first-order valence-corrected chi connectivity index (χ1v) is 7.38. The SMILES string of the molecule is CCOc1cc(SC(CC)c2ccccc2)ncn1. The molecule has 1 atom stereocenters. The molecule has 1 aromatic heterocycles. The minimum atomic E-state index is 0.408. The molecule has 2 aromatic rings. The van der Waals surface area contributed by atoms with Crippen LogP contribution in [-0.2, 0) is 0 Å². The molecule has 2 rings (SSSR count). The van der Waals surface area contributed by atoms with Crippen LogP contribution in [0.15, 0.2) is 47.8 Å². The van der Waals surface area contributed by atoms with Crippen LogP contribution in [0.1, 0.15) is 31.1 Å². The molecule has 0 saturated carbocycles. The van der Waals surface area contributed by atoms with E-state index in [0.717, 1.165) is 11.4 Å². The van der Waals surface area contributed by atoms with Gasteiger partial charge in [-0.2, -0.15) is 0 Å². The maximum atomic E-state index is 5.40. The van der Waals surface area contributed by atoms with E-state index in [1.54, 1.807) is 18.1 Å². The van der Waals surface area contributed by atoms with Gasteiger partial charge in [0.1, 0.15) is 11.4 Å². The summed E-state index contributed by atoms with van der Waals surface area (Å²) >= 11 is 1.75. The Morgan fingerprint density at radius 3 is 2.63 bits per heavy atom. The van der Waals surface area contributed by atoms with Crippen LogP contribution in [0.5, 0.6) is 5.88 Å². The molecule has 0 aliphatic heterocycles. The van der Waals surface area contributed by atoms with Gasteiger partial charge in [0.05, 0.1) is 6.61 Å². The van der Waals surface area contributed by atoms with Crippen molar-refractivity contribution in [3.8, 4) is 5.88 Å². The smallest absolute Gasteiger partial charge is 0.217 e. The van der Waals surface area contributed by atoms with Crippen molar-refractivity contribution in [1.29, 1.82) is 0 Å². The maximum absolute atomic E-state index is 5.40. The van der Waals surface area contributed by atoms with E-state index in [9.17, 15) is 0 Å². The maximum Gasteiger partial charge on any atom is 0.217 e. The normalized spacial score (nSPS) is 12.1. The van der Waals surface area contributed by atoms with Crippen LogP contribution in [0.2, 0.25) is 0 Å². The topological polar surface area (TPSA) is 35.0 Å². The number of rotatable bonds is 6. The second-order valence-electron chi connectivity index (χ2n) is 4.05. The van der Waals surface area contributed by atoms with Gasteiger partial charge in [0.15, 0.2) is 0 Å². The first-order chi connectivity index (χ1) is 9.33. The summed E-state index contributed by atoms with van der Waals surface area (Å²) in [5.41, 5.74) is 1.33. The van der Waals surface area contributed by atoms with Crippen LogP contribution in [0.25, 0.3) is 0 Å². The average molecular weight is 274 g/mol. The quantitative estimate of drug-likeness (QED) is 0.586. The number of nitrogens with zero attached hydrogens (tertiary/aromatic N) is 2. The molecule has 4 heteroatoms. The fourth-order valence-electron chi connectivity index (χ4n) is 1.81. The average Bonchev–Trinajstić information content (AvgIpc) is 2.46. The Hall–Kier alpha value is -1.55. The molecule has 1 unspecified atom stereocenters. The van der Waals surface area contributed by atoms with E-state index in [0.29, 0.717) is 17.7 Å². The largest absolute Gasteiger partial charge is 0.478 e. The van der Waals surface area contributed by atoms with E-state index in [-0.39, 0.29) is 0 Å². The summed E-state index contributed by atoms with van der Waals surface area (Å²) in [6, 6.07) is 12.4. The van der Waals surface area contributed by atoms with Gasteiger partial charge in [-0.1, -0.05) is 49.0 Å². The fourth-order valence-corrected chi connectivity index (χ4v) is 2.84. The van der Waals surface area contributed by atoms with Crippen LogP contribution in [-0.4, -0.2) is 16.6 Å². The van der Waals surface area contributed by atoms with E-state index in [1.807, 2.05) is 19.1 Å². The number of aromatic nitrogens is 2. The first-order valence-electron chi connectivity index (χ1n) is 6.50. The van der Waals surface area contributed by atoms with Gasteiger partial charge in [0, 0.05) is 11.3 Å². The van der Waals surface area contributed by atoms with Crippen molar-refractivity contribution in [2.45, 2.75) is 30.5 Å². The van der Waals surface area contributed by atoms with Gasteiger partial charge < -0.3 is 4.74 Å². The molecule has 1 aromatic carbocycles. The Bertz CT molecular complexity index is 505. The summed E-state index contributed by atoms with van der Waals surface area (Å²) in [5.74, 6) is 0.642. The molecular formula is C15H18N2OS. The lowest BCUT2D eigenvalue weighted by Crippen LogP contribution is -1.97. The number of hydrogen-bond acceptors (Lipinski definition) is 4. The highest BCUT2D eigenvalue weighted by atomic mass is 32.2. The van der Waals surface area contributed by atoms with Gasteiger partial charge in [-0.05, 0) is 18.9 Å². The highest BCUT2D eigenvalue weighted by Crippen LogP contribution is 2.36. The summed E-state index contributed by atoms with van der Waals surface area (Å²) in [6.45, 7) is 4.76. The molecule has 100 valence electrons. The lowest BCUT2D eigenvalue weighted by atomic mass is 10.1. The van der Waals surface area contributed by atoms with Crippen molar-refractivity contribution in [2.75, 3.05) is 6.61 Å². The number of ether oxygens (including phenoxy) is 1. The zero-order valence-electron chi connectivity index (χ0n) is 11.2. The van der Waals surface area contributed by atoms with Crippen LogP contribution < -0.4 is 4.74 Å². The van der Waals surface area contributed by atoms with Crippen LogP contribution in [0.3, 0.4) is 0 Å². The Kier molecular flexibility index (Phi) is 5.21. The predicted molar refractivity (Wildman–Crippen MR) is 78.5 cm³/mol. The minimum Gasteiger partial charge on any atom is -0.478 e. The lowest BCUT2D eigenvalue weighted by molar-refractivity contribution is 0.324. The molecule has 0 spiro atoms. The molecule has 0 saturated heterocycles. The highest BCUT2D eigenvalue weighted by molar-refractivity contribution is 7.99. The third-order valence-electron chi connectivity index (χ3n) is 2.71. The molecule has 19 heavy (non-hydrogen) atoms. The molecule has 3 nitrogen and oxygen atoms in total. The standard InChI is InChI=1S/C15H18N2OS/c1-3-13(12-8-6-5-7-9-12)19-15-10-14(18-4-2)16-11-17-15/h5-11,13H,3-4H2,1-2H3. The summed E-state index contributed by atoms with van der Waals surface area (Å²) in [7, 11) is 0. The van der Waals surface area contributed by atoms with Crippen molar-refractivity contribution in [2.24, 2.45) is 0 Å². The monoisotopic (exact) mass is 274 g/mol. The molecule has 1 heterocycles. The van der Waals surface area contributed by atoms with E-state index in [1.165, 1.54) is 5.56 Å². The third-order valence-corrected chi connectivity index (χ3v) is 4.07. The minimum absolute atomic E-state index is 0.408. The summed E-state index contributed by atoms with van der Waals surface area (Å²) in [4.78, 5) is 8.40. The van der Waals surface area contributed by atoms with Crippen molar-refractivity contribution >= 4 is 11.8 Å². The molecule has 0 fully saturated rings. The van der Waals surface area contributed by atoms with Crippen LogP contribution in [0.4, 0.5) is 0 Å². The second kappa shape index (κ2) is 7.14. The van der Waals surface area contributed by atoms with Gasteiger partial charge in [-0.15, -0.1) is 0 Å². The zero-order chi connectivity index (χ0) is 13.5. The van der Waals surface area contributed by atoms with Gasteiger partial charge in [-0.3, -0.25) is 0 Å². The highest BCUT2D eigenvalue weighted by Gasteiger charge is 2.12. The summed E-state index contributed by atoms with van der Waals surface area (Å²) in [5, 5.41) is 1.36. The van der Waals surface area contributed by atoms with Crippen LogP contribution in [0, 0.1) is 0 Å². The van der Waals surface area contributed by atoms with Crippen molar-refractivity contribution < 1.29 is 4.74 Å². The van der Waals surface area contributed by atoms with Crippen molar-refractivity contribution in [3.63, 3.8) is 0 Å². The molecule has 0 aliphatic rings. The molecule has 0 N–H and O–H groups in total. The van der Waals surface area contributed by atoms with E-state index in [2.05, 4.69) is 41.2 Å². The van der Waals surface area contributed by atoms with E-state index >= 15 is 0 Å². The Labute approximate surface area is 118 Å². The molecule has 0 bridgehead atoms. The van der Waals surface area contributed by atoms with Crippen molar-refractivity contribution in [3.05, 3.63) is 48.3 Å². The summed E-state index contributed by atoms with van der Waals surface area (Å²) < 4.78 is 5.40. The fraction of sp³-hybridized carbons (Fsp3) is 0.333. The molecule has 0 radical (unpaired) electrons. The second-order valence-corrected chi connectivity index (χ2v) is 5.28. The number of hydrogen-bond donors (Lipinski definition) is 0. The van der Waals surface area contributed by atoms with E-state index in [4.69, 9.17) is 4.74 Å². The number of benzene rings is 1. The lowest BCUT2D eigenvalue weighted by Gasteiger charge is -2.14. The third kappa shape index (κ3) is 3.96. The molecule has 0 aliphatic carbocycles. The zero-order valence-corrected chi connectivity index (χ0v) is 12.1. The number of thioether (sulfide) groups is 1. The Morgan fingerprint density at radius 1 is 1.16 bits per heavy atom. The molecule has 0 amide bonds. The first kappa shape index (κ1) is 13.9. The van der Waals surface area contributed by atoms with Gasteiger partial charge in [-0.25, -0.2) is 9.97 Å². The van der Waals surface area contributed by atoms with Crippen LogP contribution >= 0.6 is 11.8 Å². The van der Waals surface area contributed by atoms with Gasteiger partial charge >= 0.3 is 0 Å². The van der Waals surface area contributed by atoms with Crippen molar-refractivity contribution in [1.82, 2.24) is 9.97 Å². The molecular weight excluding hydrogens is 256 g/mol. The van der Waals surface area contributed by atoms with E-state index < -0.39 is 0 Å². The van der Waals surface area contributed by atoms with Gasteiger partial charge in [0.25, 0.3) is 0 Å². The Balaban J connectivity index is 2.12.